The van der Waals surface area contributed by atoms with Crippen LogP contribution in [0.3, 0.4) is 0 Å². The Morgan fingerprint density at radius 1 is 1.26 bits per heavy atom. The zero-order valence-electron chi connectivity index (χ0n) is 12.2. The minimum absolute atomic E-state index is 0.0696. The summed E-state index contributed by atoms with van der Waals surface area (Å²) in [5.74, 6) is 0.842. The molecule has 0 radical (unpaired) electrons. The third-order valence-corrected chi connectivity index (χ3v) is 3.87. The molecule has 1 aromatic rings. The summed E-state index contributed by atoms with van der Waals surface area (Å²) in [6, 6.07) is 3.20. The second kappa shape index (κ2) is 5.32. The van der Waals surface area contributed by atoms with Crippen LogP contribution in [0.25, 0.3) is 0 Å². The van der Waals surface area contributed by atoms with Crippen LogP contribution in [0.4, 0.5) is 10.1 Å². The fourth-order valence-corrected chi connectivity index (χ4v) is 3.07. The minimum Gasteiger partial charge on any atom is -0.370 e. The predicted octanol–water partition coefficient (Wildman–Crippen LogP) is 3.82. The van der Waals surface area contributed by atoms with E-state index in [1.165, 1.54) is 19.4 Å². The average Bonchev–Trinajstić information content (AvgIpc) is 2.30. The van der Waals surface area contributed by atoms with E-state index in [1.54, 1.807) is 6.92 Å². The molecule has 0 bridgehead atoms. The van der Waals surface area contributed by atoms with Gasteiger partial charge in [-0.2, -0.15) is 0 Å². The van der Waals surface area contributed by atoms with E-state index in [0.717, 1.165) is 18.8 Å². The van der Waals surface area contributed by atoms with E-state index in [2.05, 4.69) is 18.7 Å². The van der Waals surface area contributed by atoms with Crippen LogP contribution in [-0.4, -0.2) is 18.9 Å². The summed E-state index contributed by atoms with van der Waals surface area (Å²) in [5, 5.41) is 0. The Balaban J connectivity index is 2.42. The monoisotopic (exact) mass is 263 g/mol. The zero-order valence-corrected chi connectivity index (χ0v) is 12.2. The summed E-state index contributed by atoms with van der Waals surface area (Å²) in [6.07, 6.45) is 1.21. The van der Waals surface area contributed by atoms with Gasteiger partial charge in [0, 0.05) is 24.3 Å². The first kappa shape index (κ1) is 14.0. The Hall–Kier alpha value is -1.38. The summed E-state index contributed by atoms with van der Waals surface area (Å²) in [7, 11) is 0. The smallest absolute Gasteiger partial charge is 0.161 e. The van der Waals surface area contributed by atoms with Crippen LogP contribution < -0.4 is 4.90 Å². The standard InChI is InChI=1S/C16H22FNO/c1-10-5-11(2)9-18(8-10)16-6-12(3)15(17)7-14(16)13(4)19/h6-7,10-11H,5,8-9H2,1-4H3. The first-order valence-electron chi connectivity index (χ1n) is 6.94. The van der Waals surface area contributed by atoms with Gasteiger partial charge < -0.3 is 4.90 Å². The number of nitrogens with zero attached hydrogens (tertiary/aromatic N) is 1. The fourth-order valence-electron chi connectivity index (χ4n) is 3.07. The van der Waals surface area contributed by atoms with Crippen molar-refractivity contribution in [2.75, 3.05) is 18.0 Å². The van der Waals surface area contributed by atoms with E-state index in [0.29, 0.717) is 23.0 Å². The number of benzene rings is 1. The molecule has 0 saturated carbocycles. The highest BCUT2D eigenvalue weighted by Gasteiger charge is 2.25. The fraction of sp³-hybridized carbons (Fsp3) is 0.562. The molecule has 1 aliphatic heterocycles. The largest absolute Gasteiger partial charge is 0.370 e. The van der Waals surface area contributed by atoms with Gasteiger partial charge in [-0.15, -0.1) is 0 Å². The molecule has 104 valence electrons. The summed E-state index contributed by atoms with van der Waals surface area (Å²) in [6.45, 7) is 9.59. The lowest BCUT2D eigenvalue weighted by molar-refractivity contribution is 0.101. The van der Waals surface area contributed by atoms with Crippen molar-refractivity contribution >= 4 is 11.5 Å². The number of carbonyl (C=O) groups is 1. The zero-order chi connectivity index (χ0) is 14.2. The third kappa shape index (κ3) is 2.96. The molecule has 2 atom stereocenters. The van der Waals surface area contributed by atoms with Crippen LogP contribution in [0.2, 0.25) is 0 Å². The Labute approximate surface area is 114 Å². The van der Waals surface area contributed by atoms with Crippen molar-refractivity contribution in [2.45, 2.75) is 34.1 Å². The Morgan fingerprint density at radius 3 is 2.37 bits per heavy atom. The van der Waals surface area contributed by atoms with E-state index in [1.807, 2.05) is 6.07 Å². The van der Waals surface area contributed by atoms with Gasteiger partial charge in [-0.05, 0) is 49.8 Å². The van der Waals surface area contributed by atoms with Crippen LogP contribution in [0.15, 0.2) is 12.1 Å². The van der Waals surface area contributed by atoms with Crippen molar-refractivity contribution in [3.8, 4) is 0 Å². The molecule has 0 aliphatic carbocycles. The molecule has 3 heteroatoms. The van der Waals surface area contributed by atoms with Gasteiger partial charge in [0.1, 0.15) is 5.82 Å². The number of ketones is 1. The van der Waals surface area contributed by atoms with Gasteiger partial charge >= 0.3 is 0 Å². The number of piperidine rings is 1. The highest BCUT2D eigenvalue weighted by atomic mass is 19.1. The maximum Gasteiger partial charge on any atom is 0.161 e. The summed E-state index contributed by atoms with van der Waals surface area (Å²) in [4.78, 5) is 14.0. The number of anilines is 1. The number of hydrogen-bond donors (Lipinski definition) is 0. The van der Waals surface area contributed by atoms with E-state index < -0.39 is 0 Å². The van der Waals surface area contributed by atoms with Crippen LogP contribution in [-0.2, 0) is 0 Å². The normalized spacial score (nSPS) is 23.5. The first-order chi connectivity index (χ1) is 8.88. The van der Waals surface area contributed by atoms with Crippen molar-refractivity contribution in [3.05, 3.63) is 29.1 Å². The lowest BCUT2D eigenvalue weighted by Gasteiger charge is -2.37. The molecule has 2 unspecified atom stereocenters. The number of carbonyl (C=O) groups excluding carboxylic acids is 1. The molecule has 1 heterocycles. The van der Waals surface area contributed by atoms with Crippen molar-refractivity contribution in [2.24, 2.45) is 11.8 Å². The Morgan fingerprint density at radius 2 is 1.84 bits per heavy atom. The molecule has 2 nitrogen and oxygen atoms in total. The molecule has 1 aliphatic rings. The van der Waals surface area contributed by atoms with Gasteiger partial charge in [-0.3, -0.25) is 4.79 Å². The lowest BCUT2D eigenvalue weighted by atomic mass is 9.90. The number of halogens is 1. The molecule has 1 aromatic carbocycles. The minimum atomic E-state index is -0.299. The number of Topliss-reactive ketones (excluding diaryl/α,β-unsaturated/α-hetero) is 1. The molecule has 0 amide bonds. The number of hydrogen-bond acceptors (Lipinski definition) is 2. The molecular weight excluding hydrogens is 241 g/mol. The number of rotatable bonds is 2. The Bertz CT molecular complexity index is 488. The highest BCUT2D eigenvalue weighted by Crippen LogP contribution is 2.30. The van der Waals surface area contributed by atoms with Gasteiger partial charge in [-0.25, -0.2) is 4.39 Å². The van der Waals surface area contributed by atoms with Crippen LogP contribution >= 0.6 is 0 Å². The maximum absolute atomic E-state index is 13.7. The molecule has 0 aromatic heterocycles. The summed E-state index contributed by atoms with van der Waals surface area (Å²) in [5.41, 5.74) is 2.00. The maximum atomic E-state index is 13.7. The average molecular weight is 263 g/mol. The van der Waals surface area contributed by atoms with Gasteiger partial charge in [-0.1, -0.05) is 13.8 Å². The first-order valence-corrected chi connectivity index (χ1v) is 6.94. The SMILES string of the molecule is CC(=O)c1cc(F)c(C)cc1N1CC(C)CC(C)C1. The van der Waals surface area contributed by atoms with E-state index in [9.17, 15) is 9.18 Å². The van der Waals surface area contributed by atoms with E-state index in [-0.39, 0.29) is 11.6 Å². The molecule has 0 spiro atoms. The van der Waals surface area contributed by atoms with Gasteiger partial charge in [0.2, 0.25) is 0 Å². The topological polar surface area (TPSA) is 20.3 Å². The van der Waals surface area contributed by atoms with Crippen molar-refractivity contribution in [1.82, 2.24) is 0 Å². The van der Waals surface area contributed by atoms with Gasteiger partial charge in [0.25, 0.3) is 0 Å². The Kier molecular flexibility index (Phi) is 3.93. The number of aryl methyl sites for hydroxylation is 1. The van der Waals surface area contributed by atoms with Crippen LogP contribution in [0.1, 0.15) is 43.1 Å². The molecule has 19 heavy (non-hydrogen) atoms. The second-order valence-corrected chi connectivity index (χ2v) is 6.03. The van der Waals surface area contributed by atoms with Gasteiger partial charge in [0.05, 0.1) is 0 Å². The molecule has 0 N–H and O–H groups in total. The molecule has 1 saturated heterocycles. The van der Waals surface area contributed by atoms with Crippen molar-refractivity contribution in [1.29, 1.82) is 0 Å². The molecule has 1 fully saturated rings. The van der Waals surface area contributed by atoms with Crippen molar-refractivity contribution < 1.29 is 9.18 Å². The highest BCUT2D eigenvalue weighted by molar-refractivity contribution is 6.00. The predicted molar refractivity (Wildman–Crippen MR) is 76.3 cm³/mol. The van der Waals surface area contributed by atoms with Crippen LogP contribution in [0.5, 0.6) is 0 Å². The van der Waals surface area contributed by atoms with Crippen LogP contribution in [0, 0.1) is 24.6 Å². The summed E-state index contributed by atoms with van der Waals surface area (Å²) < 4.78 is 13.7. The molecular formula is C16H22FNO. The van der Waals surface area contributed by atoms with E-state index >= 15 is 0 Å². The quantitative estimate of drug-likeness (QED) is 0.756. The van der Waals surface area contributed by atoms with Gasteiger partial charge in [0.15, 0.2) is 5.78 Å². The lowest BCUT2D eigenvalue weighted by Crippen LogP contribution is -2.39. The second-order valence-electron chi connectivity index (χ2n) is 6.03. The molecule has 2 rings (SSSR count). The van der Waals surface area contributed by atoms with E-state index in [4.69, 9.17) is 0 Å². The summed E-state index contributed by atoms with van der Waals surface area (Å²) >= 11 is 0. The van der Waals surface area contributed by atoms with Crippen molar-refractivity contribution in [3.63, 3.8) is 0 Å². The third-order valence-electron chi connectivity index (χ3n) is 3.87.